The molecule has 2 aromatic carbocycles. The molecular weight excluding hydrogens is 325 g/mol. The maximum atomic E-state index is 12.8. The molecule has 0 aliphatic carbocycles. The van der Waals surface area contributed by atoms with Gasteiger partial charge in [-0.05, 0) is 30.3 Å². The van der Waals surface area contributed by atoms with E-state index in [1.165, 1.54) is 12.1 Å². The summed E-state index contributed by atoms with van der Waals surface area (Å²) in [6, 6.07) is 11.4. The van der Waals surface area contributed by atoms with Crippen molar-refractivity contribution in [3.05, 3.63) is 59.7 Å². The van der Waals surface area contributed by atoms with E-state index in [1.807, 2.05) is 0 Å². The Morgan fingerprint density at radius 3 is 2.52 bits per heavy atom. The van der Waals surface area contributed by atoms with E-state index in [4.69, 9.17) is 0 Å². The zero-order chi connectivity index (χ0) is 16.9. The lowest BCUT2D eigenvalue weighted by molar-refractivity contribution is -0.137. The third-order valence-electron chi connectivity index (χ3n) is 3.04. The summed E-state index contributed by atoms with van der Waals surface area (Å²) in [5, 5.41) is 5.54. The Morgan fingerprint density at radius 1 is 1.09 bits per heavy atom. The molecule has 0 aliphatic rings. The average molecular weight is 340 g/mol. The molecule has 0 heterocycles. The van der Waals surface area contributed by atoms with Gasteiger partial charge in [-0.3, -0.25) is 4.79 Å². The highest BCUT2D eigenvalue weighted by Crippen LogP contribution is 2.31. The van der Waals surface area contributed by atoms with E-state index in [9.17, 15) is 18.0 Å². The summed E-state index contributed by atoms with van der Waals surface area (Å²) < 4.78 is 38.3. The van der Waals surface area contributed by atoms with Crippen LogP contribution in [0.15, 0.2) is 48.5 Å². The predicted molar refractivity (Wildman–Crippen MR) is 87.4 cm³/mol. The number of para-hydroxylation sites is 1. The molecule has 2 aromatic rings. The smallest absolute Gasteiger partial charge is 0.355 e. The van der Waals surface area contributed by atoms with Crippen LogP contribution in [-0.2, 0) is 6.18 Å². The van der Waals surface area contributed by atoms with E-state index >= 15 is 0 Å². The number of rotatable bonds is 5. The number of thiol groups is 1. The van der Waals surface area contributed by atoms with Crippen LogP contribution in [0.2, 0.25) is 0 Å². The van der Waals surface area contributed by atoms with Crippen LogP contribution in [0, 0.1) is 0 Å². The first-order valence-corrected chi connectivity index (χ1v) is 7.47. The summed E-state index contributed by atoms with van der Waals surface area (Å²) in [4.78, 5) is 12.1. The molecule has 2 rings (SSSR count). The molecule has 0 aromatic heterocycles. The third kappa shape index (κ3) is 4.66. The van der Waals surface area contributed by atoms with Crippen molar-refractivity contribution in [3.8, 4) is 0 Å². The summed E-state index contributed by atoms with van der Waals surface area (Å²) in [5.74, 6) is 0.184. The number of alkyl halides is 3. The molecule has 0 fully saturated rings. The van der Waals surface area contributed by atoms with Gasteiger partial charge in [0.15, 0.2) is 0 Å². The zero-order valence-corrected chi connectivity index (χ0v) is 12.9. The zero-order valence-electron chi connectivity index (χ0n) is 12.0. The van der Waals surface area contributed by atoms with Crippen molar-refractivity contribution < 1.29 is 18.0 Å². The number of carbonyl (C=O) groups excluding carboxylic acids is 1. The second-order valence-corrected chi connectivity index (χ2v) is 5.18. The largest absolute Gasteiger partial charge is 0.416 e. The van der Waals surface area contributed by atoms with Crippen LogP contribution in [0.25, 0.3) is 0 Å². The van der Waals surface area contributed by atoms with Crippen LogP contribution in [0.3, 0.4) is 0 Å². The monoisotopic (exact) mass is 340 g/mol. The summed E-state index contributed by atoms with van der Waals surface area (Å²) in [7, 11) is 0. The molecule has 0 bridgehead atoms. The van der Waals surface area contributed by atoms with Gasteiger partial charge in [0.05, 0.1) is 16.8 Å². The second-order valence-electron chi connectivity index (χ2n) is 4.73. The summed E-state index contributed by atoms with van der Waals surface area (Å²) >= 11 is 4.02. The lowest BCUT2D eigenvalue weighted by Crippen LogP contribution is -2.25. The van der Waals surface area contributed by atoms with Crippen molar-refractivity contribution in [3.63, 3.8) is 0 Å². The molecule has 2 N–H and O–H groups in total. The number of carbonyl (C=O) groups is 1. The van der Waals surface area contributed by atoms with Gasteiger partial charge in [-0.25, -0.2) is 0 Å². The minimum Gasteiger partial charge on any atom is -0.355 e. The number of halogens is 3. The average Bonchev–Trinajstić information content (AvgIpc) is 2.52. The maximum Gasteiger partial charge on any atom is 0.416 e. The predicted octanol–water partition coefficient (Wildman–Crippen LogP) is 4.11. The first kappa shape index (κ1) is 17.2. The standard InChI is InChI=1S/C16H15F3N2OS/c17-16(18,19)11-4-3-5-12(10-11)21-14-7-2-1-6-13(14)15(22)20-8-9-23/h1-7,10,21,23H,8-9H2,(H,20,22). The molecule has 23 heavy (non-hydrogen) atoms. The fourth-order valence-electron chi connectivity index (χ4n) is 1.98. The first-order chi connectivity index (χ1) is 10.9. The van der Waals surface area contributed by atoms with Crippen LogP contribution < -0.4 is 10.6 Å². The number of benzene rings is 2. The summed E-state index contributed by atoms with van der Waals surface area (Å²) in [6.45, 7) is 0.403. The molecule has 0 aliphatic heterocycles. The highest BCUT2D eigenvalue weighted by atomic mass is 32.1. The van der Waals surface area contributed by atoms with Crippen molar-refractivity contribution in [2.45, 2.75) is 6.18 Å². The van der Waals surface area contributed by atoms with Crippen molar-refractivity contribution >= 4 is 29.9 Å². The quantitative estimate of drug-likeness (QED) is 0.717. The highest BCUT2D eigenvalue weighted by molar-refractivity contribution is 7.80. The number of anilines is 2. The Bertz CT molecular complexity index is 689. The molecule has 7 heteroatoms. The van der Waals surface area contributed by atoms with Crippen LogP contribution in [0.4, 0.5) is 24.5 Å². The Balaban J connectivity index is 2.25. The normalized spacial score (nSPS) is 11.1. The van der Waals surface area contributed by atoms with Crippen molar-refractivity contribution in [2.24, 2.45) is 0 Å². The Morgan fingerprint density at radius 2 is 1.83 bits per heavy atom. The topological polar surface area (TPSA) is 41.1 Å². The molecule has 1 amide bonds. The number of hydrogen-bond acceptors (Lipinski definition) is 3. The molecule has 0 saturated heterocycles. The number of hydrogen-bond donors (Lipinski definition) is 3. The van der Waals surface area contributed by atoms with Crippen LogP contribution >= 0.6 is 12.6 Å². The third-order valence-corrected chi connectivity index (χ3v) is 3.26. The van der Waals surface area contributed by atoms with Crippen LogP contribution in [0.5, 0.6) is 0 Å². The van der Waals surface area contributed by atoms with E-state index in [-0.39, 0.29) is 11.6 Å². The van der Waals surface area contributed by atoms with Gasteiger partial charge in [-0.15, -0.1) is 0 Å². The summed E-state index contributed by atoms with van der Waals surface area (Å²) in [5.41, 5.74) is 0.295. The molecule has 122 valence electrons. The van der Waals surface area contributed by atoms with Crippen molar-refractivity contribution in [2.75, 3.05) is 17.6 Å². The van der Waals surface area contributed by atoms with Gasteiger partial charge in [-0.1, -0.05) is 18.2 Å². The van der Waals surface area contributed by atoms with Gasteiger partial charge < -0.3 is 10.6 Å². The number of amides is 1. The van der Waals surface area contributed by atoms with E-state index in [2.05, 4.69) is 23.3 Å². The number of nitrogens with one attached hydrogen (secondary N) is 2. The van der Waals surface area contributed by atoms with Gasteiger partial charge in [0.1, 0.15) is 0 Å². The minimum atomic E-state index is -4.42. The summed E-state index contributed by atoms with van der Waals surface area (Å²) in [6.07, 6.45) is -4.42. The molecule has 3 nitrogen and oxygen atoms in total. The molecule has 0 atom stereocenters. The van der Waals surface area contributed by atoms with E-state index in [0.29, 0.717) is 23.5 Å². The molecule has 0 radical (unpaired) electrons. The Kier molecular flexibility index (Phi) is 5.54. The van der Waals surface area contributed by atoms with Gasteiger partial charge in [-0.2, -0.15) is 25.8 Å². The lowest BCUT2D eigenvalue weighted by atomic mass is 10.1. The molecule has 0 spiro atoms. The molecule has 0 saturated carbocycles. The lowest BCUT2D eigenvalue weighted by Gasteiger charge is -2.13. The minimum absolute atomic E-state index is 0.259. The van der Waals surface area contributed by atoms with E-state index in [0.717, 1.165) is 12.1 Å². The van der Waals surface area contributed by atoms with Gasteiger partial charge in [0, 0.05) is 18.0 Å². The SMILES string of the molecule is O=C(NCCS)c1ccccc1Nc1cccc(C(F)(F)F)c1. The fraction of sp³-hybridized carbons (Fsp3) is 0.188. The second kappa shape index (κ2) is 7.41. The molecular formula is C16H15F3N2OS. The fourth-order valence-corrected chi connectivity index (χ4v) is 2.10. The van der Waals surface area contributed by atoms with Gasteiger partial charge in [0.2, 0.25) is 0 Å². The van der Waals surface area contributed by atoms with Crippen molar-refractivity contribution in [1.29, 1.82) is 0 Å². The molecule has 0 unspecified atom stereocenters. The maximum absolute atomic E-state index is 12.8. The van der Waals surface area contributed by atoms with E-state index in [1.54, 1.807) is 24.3 Å². The Hall–Kier alpha value is -2.15. The van der Waals surface area contributed by atoms with Gasteiger partial charge in [0.25, 0.3) is 5.91 Å². The Labute approximate surface area is 137 Å². The highest BCUT2D eigenvalue weighted by Gasteiger charge is 2.30. The first-order valence-electron chi connectivity index (χ1n) is 6.84. The van der Waals surface area contributed by atoms with Gasteiger partial charge >= 0.3 is 6.18 Å². The van der Waals surface area contributed by atoms with Crippen LogP contribution in [0.1, 0.15) is 15.9 Å². The van der Waals surface area contributed by atoms with Crippen LogP contribution in [-0.4, -0.2) is 18.2 Å². The van der Waals surface area contributed by atoms with E-state index < -0.39 is 11.7 Å². The van der Waals surface area contributed by atoms with Crippen molar-refractivity contribution in [1.82, 2.24) is 5.32 Å².